The SMILES string of the molecule is C=CCn1c(=S)sc2c(=O)n(CC(=O)N3CC(C)OC(C)C3)cnc21. The molecule has 0 spiro atoms. The number of rotatable bonds is 4. The van der Waals surface area contributed by atoms with Gasteiger partial charge >= 0.3 is 0 Å². The average molecular weight is 380 g/mol. The number of ether oxygens (including phenoxy) is 1. The molecule has 1 saturated heterocycles. The number of carbonyl (C=O) groups is 1. The van der Waals surface area contributed by atoms with Gasteiger partial charge in [0.05, 0.1) is 12.2 Å². The van der Waals surface area contributed by atoms with Crippen LogP contribution in [0.4, 0.5) is 0 Å². The lowest BCUT2D eigenvalue weighted by atomic mass is 10.2. The molecule has 0 saturated carbocycles. The Kier molecular flexibility index (Phi) is 5.16. The summed E-state index contributed by atoms with van der Waals surface area (Å²) in [5.74, 6) is -0.112. The van der Waals surface area contributed by atoms with Crippen LogP contribution in [0.3, 0.4) is 0 Å². The molecule has 0 aromatic carbocycles. The first-order chi connectivity index (χ1) is 11.9. The van der Waals surface area contributed by atoms with E-state index in [9.17, 15) is 9.59 Å². The molecule has 2 unspecified atom stereocenters. The molecule has 2 aromatic heterocycles. The van der Waals surface area contributed by atoms with Gasteiger partial charge in [-0.25, -0.2) is 4.98 Å². The third-order valence-corrected chi connectivity index (χ3v) is 5.46. The second-order valence-electron chi connectivity index (χ2n) is 6.15. The van der Waals surface area contributed by atoms with Crippen molar-refractivity contribution < 1.29 is 9.53 Å². The fourth-order valence-corrected chi connectivity index (χ4v) is 4.32. The first kappa shape index (κ1) is 18.0. The molecule has 1 aliphatic rings. The Hall–Kier alpha value is -1.84. The van der Waals surface area contributed by atoms with Crippen LogP contribution in [0.15, 0.2) is 23.8 Å². The summed E-state index contributed by atoms with van der Waals surface area (Å²) in [7, 11) is 0. The van der Waals surface area contributed by atoms with Crippen LogP contribution in [0.1, 0.15) is 13.8 Å². The van der Waals surface area contributed by atoms with E-state index in [1.54, 1.807) is 15.5 Å². The molecule has 2 aromatic rings. The zero-order valence-electron chi connectivity index (χ0n) is 14.2. The van der Waals surface area contributed by atoms with E-state index >= 15 is 0 Å². The van der Waals surface area contributed by atoms with Crippen molar-refractivity contribution in [2.75, 3.05) is 13.1 Å². The van der Waals surface area contributed by atoms with Gasteiger partial charge in [0.15, 0.2) is 9.60 Å². The number of morpholine rings is 1. The summed E-state index contributed by atoms with van der Waals surface area (Å²) in [5.41, 5.74) is 0.295. The number of hydrogen-bond donors (Lipinski definition) is 0. The van der Waals surface area contributed by atoms with Gasteiger partial charge in [-0.15, -0.1) is 6.58 Å². The third-order valence-electron chi connectivity index (χ3n) is 4.03. The highest BCUT2D eigenvalue weighted by molar-refractivity contribution is 7.73. The molecule has 7 nitrogen and oxygen atoms in total. The van der Waals surface area contributed by atoms with Crippen LogP contribution in [0, 0.1) is 3.95 Å². The third kappa shape index (κ3) is 3.58. The molecule has 2 atom stereocenters. The number of carbonyl (C=O) groups excluding carboxylic acids is 1. The Morgan fingerprint density at radius 3 is 2.80 bits per heavy atom. The molecule has 25 heavy (non-hydrogen) atoms. The van der Waals surface area contributed by atoms with E-state index in [-0.39, 0.29) is 30.2 Å². The van der Waals surface area contributed by atoms with Gasteiger partial charge in [-0.1, -0.05) is 17.4 Å². The van der Waals surface area contributed by atoms with Crippen molar-refractivity contribution in [3.63, 3.8) is 0 Å². The first-order valence-corrected chi connectivity index (χ1v) is 9.26. The second kappa shape index (κ2) is 7.19. The number of thiazole rings is 1. The number of hydrogen-bond acceptors (Lipinski definition) is 6. The number of aromatic nitrogens is 3. The minimum absolute atomic E-state index is 0.0111. The quantitative estimate of drug-likeness (QED) is 0.598. The van der Waals surface area contributed by atoms with Gasteiger partial charge in [-0.05, 0) is 26.1 Å². The van der Waals surface area contributed by atoms with Gasteiger partial charge in [-0.3, -0.25) is 14.2 Å². The smallest absolute Gasteiger partial charge is 0.273 e. The maximum Gasteiger partial charge on any atom is 0.273 e. The van der Waals surface area contributed by atoms with Crippen LogP contribution in [-0.2, 0) is 22.6 Å². The fourth-order valence-electron chi connectivity index (χ4n) is 3.00. The zero-order valence-corrected chi connectivity index (χ0v) is 15.8. The molecule has 0 radical (unpaired) electrons. The molecule has 3 heterocycles. The van der Waals surface area contributed by atoms with Crippen LogP contribution >= 0.6 is 23.6 Å². The van der Waals surface area contributed by atoms with Crippen LogP contribution < -0.4 is 5.56 Å². The Morgan fingerprint density at radius 2 is 2.16 bits per heavy atom. The van der Waals surface area contributed by atoms with Crippen molar-refractivity contribution >= 4 is 39.8 Å². The highest BCUT2D eigenvalue weighted by Crippen LogP contribution is 2.18. The predicted molar refractivity (Wildman–Crippen MR) is 99.5 cm³/mol. The van der Waals surface area contributed by atoms with Crippen molar-refractivity contribution in [1.82, 2.24) is 19.0 Å². The summed E-state index contributed by atoms with van der Waals surface area (Å²) < 4.78 is 9.79. The number of allylic oxidation sites excluding steroid dienone is 1. The number of amides is 1. The van der Waals surface area contributed by atoms with Gasteiger partial charge in [0.25, 0.3) is 5.56 Å². The van der Waals surface area contributed by atoms with Gasteiger partial charge in [0, 0.05) is 19.6 Å². The van der Waals surface area contributed by atoms with Crippen molar-refractivity contribution in [1.29, 1.82) is 0 Å². The van der Waals surface area contributed by atoms with Crippen molar-refractivity contribution in [2.45, 2.75) is 39.1 Å². The van der Waals surface area contributed by atoms with Crippen molar-refractivity contribution in [3.8, 4) is 0 Å². The van der Waals surface area contributed by atoms with Gasteiger partial charge in [0.1, 0.15) is 17.6 Å². The molecule has 1 aliphatic heterocycles. The van der Waals surface area contributed by atoms with Crippen molar-refractivity contribution in [3.05, 3.63) is 33.3 Å². The van der Waals surface area contributed by atoms with Crippen LogP contribution in [0.2, 0.25) is 0 Å². The van der Waals surface area contributed by atoms with Crippen LogP contribution in [-0.4, -0.2) is 50.2 Å². The van der Waals surface area contributed by atoms with E-state index in [0.29, 0.717) is 33.9 Å². The first-order valence-electron chi connectivity index (χ1n) is 8.03. The average Bonchev–Trinajstić information content (AvgIpc) is 2.86. The molecule has 0 bridgehead atoms. The maximum absolute atomic E-state index is 12.7. The lowest BCUT2D eigenvalue weighted by Crippen LogP contribution is -2.49. The Morgan fingerprint density at radius 1 is 1.48 bits per heavy atom. The molecule has 1 fully saturated rings. The fraction of sp³-hybridized carbons (Fsp3) is 0.500. The Labute approximate surface area is 154 Å². The summed E-state index contributed by atoms with van der Waals surface area (Å²) in [6.45, 7) is 9.09. The highest BCUT2D eigenvalue weighted by atomic mass is 32.1. The molecule has 9 heteroatoms. The molecular weight excluding hydrogens is 360 g/mol. The normalized spacial score (nSPS) is 20.8. The van der Waals surface area contributed by atoms with Crippen LogP contribution in [0.25, 0.3) is 10.3 Å². The van der Waals surface area contributed by atoms with Gasteiger partial charge in [-0.2, -0.15) is 0 Å². The lowest BCUT2D eigenvalue weighted by Gasteiger charge is -2.35. The molecular formula is C16H20N4O3S2. The zero-order chi connectivity index (χ0) is 18.1. The number of fused-ring (bicyclic) bond motifs is 1. The largest absolute Gasteiger partial charge is 0.372 e. The van der Waals surface area contributed by atoms with E-state index in [1.165, 1.54) is 22.2 Å². The highest BCUT2D eigenvalue weighted by Gasteiger charge is 2.26. The van der Waals surface area contributed by atoms with Crippen LogP contribution in [0.5, 0.6) is 0 Å². The topological polar surface area (TPSA) is 69.4 Å². The summed E-state index contributed by atoms with van der Waals surface area (Å²) in [4.78, 5) is 31.3. The molecule has 0 aliphatic carbocycles. The summed E-state index contributed by atoms with van der Waals surface area (Å²) in [5, 5.41) is 0. The standard InChI is InChI=1S/C16H20N4O3S2/c1-4-5-20-14-13(25-16(20)24)15(22)19(9-17-14)8-12(21)18-6-10(2)23-11(3)7-18/h4,9-11H,1,5-8H2,2-3H3. The lowest BCUT2D eigenvalue weighted by molar-refractivity contribution is -0.143. The van der Waals surface area contributed by atoms with E-state index in [1.807, 2.05) is 13.8 Å². The molecule has 1 amide bonds. The maximum atomic E-state index is 12.7. The monoisotopic (exact) mass is 380 g/mol. The second-order valence-corrected chi connectivity index (χ2v) is 7.80. The van der Waals surface area contributed by atoms with E-state index in [4.69, 9.17) is 17.0 Å². The molecule has 134 valence electrons. The molecule has 3 rings (SSSR count). The van der Waals surface area contributed by atoms with E-state index < -0.39 is 0 Å². The van der Waals surface area contributed by atoms with Gasteiger partial charge in [0.2, 0.25) is 5.91 Å². The molecule has 0 N–H and O–H groups in total. The minimum Gasteiger partial charge on any atom is -0.372 e. The Bertz CT molecular complexity index is 920. The summed E-state index contributed by atoms with van der Waals surface area (Å²) in [6.07, 6.45) is 3.10. The van der Waals surface area contributed by atoms with Gasteiger partial charge < -0.3 is 14.2 Å². The van der Waals surface area contributed by atoms with Crippen molar-refractivity contribution in [2.24, 2.45) is 0 Å². The number of nitrogens with zero attached hydrogens (tertiary/aromatic N) is 4. The van der Waals surface area contributed by atoms with E-state index in [2.05, 4.69) is 11.6 Å². The predicted octanol–water partition coefficient (Wildman–Crippen LogP) is 1.81. The Balaban J connectivity index is 1.88. The minimum atomic E-state index is -0.244. The summed E-state index contributed by atoms with van der Waals surface area (Å²) in [6, 6.07) is 0. The van der Waals surface area contributed by atoms with E-state index in [0.717, 1.165) is 0 Å². The summed E-state index contributed by atoms with van der Waals surface area (Å²) >= 11 is 6.51.